The molecule has 0 aliphatic rings. The van der Waals surface area contributed by atoms with Gasteiger partial charge >= 0.3 is 5.97 Å². The van der Waals surface area contributed by atoms with Gasteiger partial charge in [-0.25, -0.2) is 9.67 Å². The van der Waals surface area contributed by atoms with Crippen LogP contribution in [0, 0.1) is 0 Å². The normalized spacial score (nSPS) is 10.7. The molecule has 0 unspecified atom stereocenters. The van der Waals surface area contributed by atoms with Crippen LogP contribution in [0.15, 0.2) is 34.4 Å². The fourth-order valence-electron chi connectivity index (χ4n) is 2.40. The van der Waals surface area contributed by atoms with E-state index in [0.29, 0.717) is 21.7 Å². The van der Waals surface area contributed by atoms with Crippen LogP contribution >= 0.6 is 11.3 Å². The van der Waals surface area contributed by atoms with Crippen LogP contribution in [0.25, 0.3) is 10.9 Å². The molecule has 1 aromatic carbocycles. The zero-order chi connectivity index (χ0) is 19.4. The highest BCUT2D eigenvalue weighted by molar-refractivity contribution is 7.14. The predicted octanol–water partition coefficient (Wildman–Crippen LogP) is 1.02. The van der Waals surface area contributed by atoms with Crippen molar-refractivity contribution in [3.05, 3.63) is 45.7 Å². The number of rotatable bonds is 6. The summed E-state index contributed by atoms with van der Waals surface area (Å²) in [5.41, 5.74) is 0.770. The van der Waals surface area contributed by atoms with Crippen molar-refractivity contribution < 1.29 is 14.3 Å². The van der Waals surface area contributed by atoms with Gasteiger partial charge in [0, 0.05) is 18.8 Å². The molecule has 3 aromatic rings. The van der Waals surface area contributed by atoms with Gasteiger partial charge < -0.3 is 4.74 Å². The predicted molar refractivity (Wildman–Crippen MR) is 99.7 cm³/mol. The number of amides is 1. The Labute approximate surface area is 158 Å². The third kappa shape index (κ3) is 4.17. The average molecular weight is 387 g/mol. The number of hydrogen-bond acceptors (Lipinski definition) is 8. The van der Waals surface area contributed by atoms with Gasteiger partial charge in [0.2, 0.25) is 5.91 Å². The first-order chi connectivity index (χ1) is 13.0. The van der Waals surface area contributed by atoms with Gasteiger partial charge in [-0.15, -0.1) is 16.4 Å². The number of methoxy groups -OCH3 is 1. The summed E-state index contributed by atoms with van der Waals surface area (Å²) < 4.78 is 5.78. The molecule has 0 saturated heterocycles. The van der Waals surface area contributed by atoms with E-state index in [-0.39, 0.29) is 30.9 Å². The van der Waals surface area contributed by atoms with Gasteiger partial charge in [0.15, 0.2) is 5.13 Å². The summed E-state index contributed by atoms with van der Waals surface area (Å²) in [6.07, 6.45) is 0.118. The summed E-state index contributed by atoms with van der Waals surface area (Å²) in [6.45, 7) is 0.111. The number of nitrogens with zero attached hydrogens (tertiary/aromatic N) is 5. The Bertz CT molecular complexity index is 1040. The smallest absolute Gasteiger partial charge is 0.311 e. The number of ether oxygens (including phenoxy) is 1. The first-order valence-electron chi connectivity index (χ1n) is 8.10. The molecule has 140 valence electrons. The number of aromatic nitrogens is 4. The molecule has 0 spiro atoms. The van der Waals surface area contributed by atoms with Crippen molar-refractivity contribution in [2.45, 2.75) is 19.4 Å². The van der Waals surface area contributed by atoms with E-state index in [1.807, 2.05) is 0 Å². The summed E-state index contributed by atoms with van der Waals surface area (Å²) in [5.74, 6) is -0.620. The summed E-state index contributed by atoms with van der Waals surface area (Å²) in [4.78, 5) is 41.8. The summed E-state index contributed by atoms with van der Waals surface area (Å²) in [5, 5.41) is 10.5. The van der Waals surface area contributed by atoms with Crippen LogP contribution < -0.4 is 10.5 Å². The number of thiazole rings is 1. The Hall–Kier alpha value is -3.14. The molecule has 27 heavy (non-hydrogen) atoms. The Morgan fingerprint density at radius 2 is 2.07 bits per heavy atom. The molecular formula is C17H17N5O4S. The number of anilines is 1. The highest BCUT2D eigenvalue weighted by atomic mass is 32.1. The Morgan fingerprint density at radius 3 is 2.85 bits per heavy atom. The largest absolute Gasteiger partial charge is 0.469 e. The second-order valence-electron chi connectivity index (χ2n) is 5.71. The fraction of sp³-hybridized carbons (Fsp3) is 0.294. The Balaban J connectivity index is 1.66. The van der Waals surface area contributed by atoms with E-state index >= 15 is 0 Å². The lowest BCUT2D eigenvalue weighted by atomic mass is 10.2. The van der Waals surface area contributed by atoms with Gasteiger partial charge in [-0.1, -0.05) is 17.3 Å². The van der Waals surface area contributed by atoms with E-state index in [4.69, 9.17) is 0 Å². The lowest BCUT2D eigenvalue weighted by molar-refractivity contribution is -0.139. The topological polar surface area (TPSA) is 107 Å². The highest BCUT2D eigenvalue weighted by Crippen LogP contribution is 2.20. The van der Waals surface area contributed by atoms with Crippen LogP contribution in [0.4, 0.5) is 5.13 Å². The van der Waals surface area contributed by atoms with Crippen LogP contribution in [0.2, 0.25) is 0 Å². The van der Waals surface area contributed by atoms with E-state index in [1.165, 1.54) is 28.0 Å². The number of aryl methyl sites for hydroxylation is 1. The van der Waals surface area contributed by atoms with E-state index in [9.17, 15) is 14.4 Å². The van der Waals surface area contributed by atoms with Crippen molar-refractivity contribution >= 4 is 39.2 Å². The fourth-order valence-corrected chi connectivity index (χ4v) is 3.20. The second kappa shape index (κ2) is 8.04. The van der Waals surface area contributed by atoms with Crippen molar-refractivity contribution in [1.82, 2.24) is 20.0 Å². The molecule has 0 atom stereocenters. The van der Waals surface area contributed by atoms with E-state index in [0.717, 1.165) is 0 Å². The van der Waals surface area contributed by atoms with Gasteiger partial charge in [0.05, 0.1) is 31.2 Å². The van der Waals surface area contributed by atoms with Gasteiger partial charge in [0.25, 0.3) is 5.56 Å². The number of benzene rings is 1. The molecule has 9 nitrogen and oxygen atoms in total. The molecule has 2 heterocycles. The molecule has 10 heteroatoms. The lowest BCUT2D eigenvalue weighted by Crippen LogP contribution is -2.30. The maximum Gasteiger partial charge on any atom is 0.311 e. The standard InChI is InChI=1S/C17H17N5O4S/c1-21(17-18-11(10-27-17)9-15(24)26-2)14(23)7-8-22-16(25)12-5-3-4-6-13(12)19-20-22/h3-6,10H,7-9H2,1-2H3. The molecule has 0 aliphatic carbocycles. The molecule has 3 rings (SSSR count). The van der Waals surface area contributed by atoms with Gasteiger partial charge in [-0.05, 0) is 12.1 Å². The second-order valence-corrected chi connectivity index (χ2v) is 6.55. The molecule has 1 amide bonds. The van der Waals surface area contributed by atoms with Crippen molar-refractivity contribution in [3.63, 3.8) is 0 Å². The molecule has 0 radical (unpaired) electrons. The zero-order valence-corrected chi connectivity index (χ0v) is 15.6. The maximum absolute atomic E-state index is 12.4. The summed E-state index contributed by atoms with van der Waals surface area (Å²) >= 11 is 1.25. The van der Waals surface area contributed by atoms with Crippen molar-refractivity contribution in [3.8, 4) is 0 Å². The molecule has 0 bridgehead atoms. The third-order valence-electron chi connectivity index (χ3n) is 3.92. The van der Waals surface area contributed by atoms with E-state index in [2.05, 4.69) is 20.0 Å². The van der Waals surface area contributed by atoms with Crippen LogP contribution in [0.3, 0.4) is 0 Å². The summed E-state index contributed by atoms with van der Waals surface area (Å²) in [6, 6.07) is 6.92. The Kier molecular flexibility index (Phi) is 5.55. The minimum Gasteiger partial charge on any atom is -0.469 e. The number of carbonyl (C=O) groups is 2. The van der Waals surface area contributed by atoms with E-state index < -0.39 is 5.97 Å². The monoisotopic (exact) mass is 387 g/mol. The average Bonchev–Trinajstić information content (AvgIpc) is 3.15. The van der Waals surface area contributed by atoms with Gasteiger partial charge in [-0.2, -0.15) is 0 Å². The molecule has 0 saturated carbocycles. The number of esters is 1. The van der Waals surface area contributed by atoms with Crippen LogP contribution in [0.5, 0.6) is 0 Å². The number of fused-ring (bicyclic) bond motifs is 1. The number of hydrogen-bond donors (Lipinski definition) is 0. The third-order valence-corrected chi connectivity index (χ3v) is 4.89. The van der Waals surface area contributed by atoms with Crippen LogP contribution in [-0.2, 0) is 27.3 Å². The SMILES string of the molecule is COC(=O)Cc1csc(N(C)C(=O)CCn2nnc3ccccc3c2=O)n1. The molecule has 0 fully saturated rings. The molecular weight excluding hydrogens is 370 g/mol. The van der Waals surface area contributed by atoms with Gasteiger partial charge in [0.1, 0.15) is 5.52 Å². The quantitative estimate of drug-likeness (QED) is 0.581. The number of carbonyl (C=O) groups excluding carboxylic acids is 2. The van der Waals surface area contributed by atoms with Crippen LogP contribution in [-0.4, -0.2) is 46.0 Å². The minimum absolute atomic E-state index is 0.0527. The van der Waals surface area contributed by atoms with Crippen LogP contribution in [0.1, 0.15) is 12.1 Å². The van der Waals surface area contributed by atoms with Crippen molar-refractivity contribution in [1.29, 1.82) is 0 Å². The minimum atomic E-state index is -0.393. The summed E-state index contributed by atoms with van der Waals surface area (Å²) in [7, 11) is 2.90. The Morgan fingerprint density at radius 1 is 1.30 bits per heavy atom. The first-order valence-corrected chi connectivity index (χ1v) is 8.98. The molecule has 2 aromatic heterocycles. The molecule has 0 aliphatic heterocycles. The lowest BCUT2D eigenvalue weighted by Gasteiger charge is -2.13. The maximum atomic E-state index is 12.4. The zero-order valence-electron chi connectivity index (χ0n) is 14.8. The van der Waals surface area contributed by atoms with Crippen molar-refractivity contribution in [2.75, 3.05) is 19.1 Å². The van der Waals surface area contributed by atoms with Crippen molar-refractivity contribution in [2.24, 2.45) is 0 Å². The molecule has 0 N–H and O–H groups in total. The van der Waals surface area contributed by atoms with E-state index in [1.54, 1.807) is 36.7 Å². The first kappa shape index (κ1) is 18.6. The van der Waals surface area contributed by atoms with Gasteiger partial charge in [-0.3, -0.25) is 19.3 Å². The highest BCUT2D eigenvalue weighted by Gasteiger charge is 2.17.